The highest BCUT2D eigenvalue weighted by molar-refractivity contribution is 6.32. The molecule has 0 saturated heterocycles. The number of carbonyl (C=O) groups excluding carboxylic acids is 1. The molecule has 0 unspecified atom stereocenters. The molecule has 0 fully saturated rings. The van der Waals surface area contributed by atoms with Crippen molar-refractivity contribution in [2.45, 2.75) is 32.9 Å². The van der Waals surface area contributed by atoms with Crippen LogP contribution in [0.1, 0.15) is 30.0 Å². The molecule has 0 saturated carbocycles. The second-order valence-corrected chi connectivity index (χ2v) is 6.75. The van der Waals surface area contributed by atoms with Crippen molar-refractivity contribution >= 4 is 23.6 Å². The predicted molar refractivity (Wildman–Crippen MR) is 106 cm³/mol. The average molecular weight is 388 g/mol. The molecule has 0 aliphatic carbocycles. The molecule has 4 nitrogen and oxygen atoms in total. The van der Waals surface area contributed by atoms with E-state index in [0.717, 1.165) is 29.6 Å². The van der Waals surface area contributed by atoms with Gasteiger partial charge in [0.2, 0.25) is 0 Å². The van der Waals surface area contributed by atoms with Gasteiger partial charge in [0.25, 0.3) is 0 Å². The molecule has 0 spiro atoms. The van der Waals surface area contributed by atoms with E-state index in [1.807, 2.05) is 30.9 Å². The van der Waals surface area contributed by atoms with E-state index in [9.17, 15) is 9.18 Å². The zero-order valence-corrected chi connectivity index (χ0v) is 16.3. The minimum Gasteiger partial charge on any atom is -0.362 e. The minimum atomic E-state index is -0.299. The summed E-state index contributed by atoms with van der Waals surface area (Å²) < 4.78 is 13.8. The maximum absolute atomic E-state index is 13.8. The van der Waals surface area contributed by atoms with Gasteiger partial charge in [0.1, 0.15) is 18.2 Å². The number of likely N-dealkylation sites (N-methyl/N-ethyl adjacent to an activating group) is 1. The molecule has 0 aliphatic rings. The Morgan fingerprint density at radius 3 is 2.74 bits per heavy atom. The fraction of sp³-hybridized carbons (Fsp3) is 0.333. The Bertz CT molecular complexity index is 835. The zero-order valence-electron chi connectivity index (χ0n) is 15.5. The lowest BCUT2D eigenvalue weighted by atomic mass is 10.0. The van der Waals surface area contributed by atoms with Crippen molar-refractivity contribution in [1.82, 2.24) is 5.32 Å². The minimum absolute atomic E-state index is 0.130. The first-order valence-corrected chi connectivity index (χ1v) is 9.23. The third kappa shape index (κ3) is 5.53. The monoisotopic (exact) mass is 387 g/mol. The molecule has 0 aliphatic heterocycles. The quantitative estimate of drug-likeness (QED) is 0.654. The highest BCUT2D eigenvalue weighted by Gasteiger charge is 2.21. The first kappa shape index (κ1) is 20.9. The van der Waals surface area contributed by atoms with Crippen LogP contribution < -0.4 is 10.2 Å². The van der Waals surface area contributed by atoms with Gasteiger partial charge in [-0.3, -0.25) is 0 Å². The Labute approximate surface area is 164 Å². The van der Waals surface area contributed by atoms with Crippen LogP contribution in [-0.4, -0.2) is 25.4 Å². The number of rotatable bonds is 9. The van der Waals surface area contributed by atoms with Crippen LogP contribution >= 0.6 is 11.6 Å². The van der Waals surface area contributed by atoms with Crippen LogP contribution in [0.15, 0.2) is 36.4 Å². The standard InChI is InChI=1S/C21H23ClFN3O/c1-3-25-13-20(8-9-27)26(14-17-10-18(23)6-4-15(17)2)19-7-5-16(12-24)21(22)11-19/h4-7,9-11,20,25H,3,8,13-14H2,1-2H3/t20-/m0/s1. The highest BCUT2D eigenvalue weighted by atomic mass is 35.5. The smallest absolute Gasteiger partial charge is 0.123 e. The van der Waals surface area contributed by atoms with Crippen LogP contribution in [0.2, 0.25) is 5.02 Å². The van der Waals surface area contributed by atoms with Crippen molar-refractivity contribution < 1.29 is 9.18 Å². The van der Waals surface area contributed by atoms with Crippen LogP contribution in [0.25, 0.3) is 0 Å². The summed E-state index contributed by atoms with van der Waals surface area (Å²) in [7, 11) is 0. The number of carbonyl (C=O) groups is 1. The molecule has 142 valence electrons. The van der Waals surface area contributed by atoms with Crippen LogP contribution in [0.4, 0.5) is 10.1 Å². The molecule has 0 radical (unpaired) electrons. The van der Waals surface area contributed by atoms with Crippen LogP contribution in [0.3, 0.4) is 0 Å². The van der Waals surface area contributed by atoms with E-state index in [0.29, 0.717) is 30.1 Å². The number of hydrogen-bond acceptors (Lipinski definition) is 4. The maximum Gasteiger partial charge on any atom is 0.123 e. The number of aldehydes is 1. The summed E-state index contributed by atoms with van der Waals surface area (Å²) in [5, 5.41) is 12.7. The summed E-state index contributed by atoms with van der Waals surface area (Å²) >= 11 is 6.22. The van der Waals surface area contributed by atoms with E-state index in [-0.39, 0.29) is 11.9 Å². The Hall–Kier alpha value is -2.42. The number of nitriles is 1. The third-order valence-electron chi connectivity index (χ3n) is 4.50. The molecular weight excluding hydrogens is 365 g/mol. The number of anilines is 1. The molecule has 0 bridgehead atoms. The lowest BCUT2D eigenvalue weighted by Gasteiger charge is -2.34. The van der Waals surface area contributed by atoms with Gasteiger partial charge in [-0.15, -0.1) is 0 Å². The van der Waals surface area contributed by atoms with Gasteiger partial charge < -0.3 is 15.0 Å². The summed E-state index contributed by atoms with van der Waals surface area (Å²) in [6, 6.07) is 11.8. The van der Waals surface area contributed by atoms with Crippen molar-refractivity contribution in [2.75, 3.05) is 18.0 Å². The van der Waals surface area contributed by atoms with Gasteiger partial charge in [-0.25, -0.2) is 4.39 Å². The molecule has 0 amide bonds. The van der Waals surface area contributed by atoms with E-state index >= 15 is 0 Å². The van der Waals surface area contributed by atoms with Crippen molar-refractivity contribution in [2.24, 2.45) is 0 Å². The number of halogens is 2. The van der Waals surface area contributed by atoms with Crippen molar-refractivity contribution in [3.8, 4) is 6.07 Å². The molecular formula is C21H23ClFN3O. The van der Waals surface area contributed by atoms with Crippen molar-refractivity contribution in [3.05, 3.63) is 63.9 Å². The molecule has 1 N–H and O–H groups in total. The number of benzene rings is 2. The summed E-state index contributed by atoms with van der Waals surface area (Å²) in [6.07, 6.45) is 1.21. The van der Waals surface area contributed by atoms with Gasteiger partial charge in [-0.1, -0.05) is 24.6 Å². The lowest BCUT2D eigenvalue weighted by molar-refractivity contribution is -0.108. The van der Waals surface area contributed by atoms with Gasteiger partial charge in [0, 0.05) is 31.2 Å². The van der Waals surface area contributed by atoms with Gasteiger partial charge >= 0.3 is 0 Å². The molecule has 2 aromatic carbocycles. The average Bonchev–Trinajstić information content (AvgIpc) is 2.66. The first-order valence-electron chi connectivity index (χ1n) is 8.85. The fourth-order valence-electron chi connectivity index (χ4n) is 2.94. The highest BCUT2D eigenvalue weighted by Crippen LogP contribution is 2.27. The molecule has 0 aromatic heterocycles. The summed E-state index contributed by atoms with van der Waals surface area (Å²) in [5.41, 5.74) is 2.98. The normalized spacial score (nSPS) is 11.7. The largest absolute Gasteiger partial charge is 0.362 e. The molecule has 0 heterocycles. The van der Waals surface area contributed by atoms with Crippen LogP contribution in [0.5, 0.6) is 0 Å². The zero-order chi connectivity index (χ0) is 19.8. The Morgan fingerprint density at radius 2 is 2.11 bits per heavy atom. The van der Waals surface area contributed by atoms with E-state index in [2.05, 4.69) is 5.32 Å². The number of aryl methyl sites for hydroxylation is 1. The van der Waals surface area contributed by atoms with E-state index < -0.39 is 0 Å². The Balaban J connectivity index is 2.46. The van der Waals surface area contributed by atoms with E-state index in [1.54, 1.807) is 18.2 Å². The molecule has 2 aromatic rings. The van der Waals surface area contributed by atoms with E-state index in [4.69, 9.17) is 16.9 Å². The second-order valence-electron chi connectivity index (χ2n) is 6.34. The maximum atomic E-state index is 13.8. The fourth-order valence-corrected chi connectivity index (χ4v) is 3.16. The lowest BCUT2D eigenvalue weighted by Crippen LogP contribution is -2.42. The first-order chi connectivity index (χ1) is 13.0. The molecule has 27 heavy (non-hydrogen) atoms. The van der Waals surface area contributed by atoms with Crippen molar-refractivity contribution in [1.29, 1.82) is 5.26 Å². The second kappa shape index (κ2) is 10.1. The van der Waals surface area contributed by atoms with Gasteiger partial charge in [-0.05, 0) is 54.9 Å². The van der Waals surface area contributed by atoms with Crippen LogP contribution in [-0.2, 0) is 11.3 Å². The molecule has 2 rings (SSSR count). The van der Waals surface area contributed by atoms with Gasteiger partial charge in [0.05, 0.1) is 10.6 Å². The SMILES string of the molecule is CCNC[C@H](CC=O)N(Cc1cc(F)ccc1C)c1ccc(C#N)c(Cl)c1. The van der Waals surface area contributed by atoms with Crippen LogP contribution in [0, 0.1) is 24.1 Å². The summed E-state index contributed by atoms with van der Waals surface area (Å²) in [5.74, 6) is -0.299. The number of hydrogen-bond donors (Lipinski definition) is 1. The summed E-state index contributed by atoms with van der Waals surface area (Å²) in [6.45, 7) is 5.72. The Morgan fingerprint density at radius 1 is 1.33 bits per heavy atom. The summed E-state index contributed by atoms with van der Waals surface area (Å²) in [4.78, 5) is 13.3. The van der Waals surface area contributed by atoms with Gasteiger partial charge in [0.15, 0.2) is 0 Å². The number of nitrogens with zero attached hydrogens (tertiary/aromatic N) is 2. The third-order valence-corrected chi connectivity index (χ3v) is 4.81. The predicted octanol–water partition coefficient (Wildman–Crippen LogP) is 4.23. The topological polar surface area (TPSA) is 56.1 Å². The molecule has 1 atom stereocenters. The molecule has 6 heteroatoms. The van der Waals surface area contributed by atoms with Crippen molar-refractivity contribution in [3.63, 3.8) is 0 Å². The Kier molecular flexibility index (Phi) is 7.78. The van der Waals surface area contributed by atoms with Gasteiger partial charge in [-0.2, -0.15) is 5.26 Å². The number of nitrogens with one attached hydrogen (secondary N) is 1. The van der Waals surface area contributed by atoms with E-state index in [1.165, 1.54) is 12.1 Å².